The summed E-state index contributed by atoms with van der Waals surface area (Å²) >= 11 is 1.77. The molecule has 1 amide bonds. The Balaban J connectivity index is 1.52. The van der Waals surface area contributed by atoms with Crippen molar-refractivity contribution in [2.75, 3.05) is 0 Å². The fourth-order valence-corrected chi connectivity index (χ4v) is 2.99. The van der Waals surface area contributed by atoms with Gasteiger partial charge < -0.3 is 0 Å². The van der Waals surface area contributed by atoms with Crippen LogP contribution in [-0.2, 0) is 5.75 Å². The van der Waals surface area contributed by atoms with Crippen LogP contribution in [-0.4, -0.2) is 17.1 Å². The maximum Gasteiger partial charge on any atom is 0.271 e. The van der Waals surface area contributed by atoms with Crippen LogP contribution in [0.15, 0.2) is 89.0 Å². The summed E-state index contributed by atoms with van der Waals surface area (Å²) in [4.78, 5) is 17.4. The summed E-state index contributed by atoms with van der Waals surface area (Å²) in [6, 6.07) is 23.3. The fraction of sp³-hybridized carbons (Fsp3) is 0.0500. The lowest BCUT2D eigenvalue weighted by Crippen LogP contribution is -2.17. The number of thioether (sulfide) groups is 1. The number of carbonyl (C=O) groups is 1. The van der Waals surface area contributed by atoms with E-state index in [1.165, 1.54) is 16.7 Å². The Hall–Kier alpha value is -2.92. The van der Waals surface area contributed by atoms with Gasteiger partial charge in [0.2, 0.25) is 0 Å². The van der Waals surface area contributed by atoms with Crippen LogP contribution in [0.1, 0.15) is 21.6 Å². The first-order valence-corrected chi connectivity index (χ1v) is 8.81. The van der Waals surface area contributed by atoms with Gasteiger partial charge in [-0.3, -0.25) is 9.78 Å². The molecular formula is C20H17N3OS. The molecule has 0 radical (unpaired) electrons. The summed E-state index contributed by atoms with van der Waals surface area (Å²) in [7, 11) is 0. The molecule has 1 aromatic heterocycles. The normalized spacial score (nSPS) is 10.7. The second-order valence-corrected chi connectivity index (χ2v) is 6.30. The third kappa shape index (κ3) is 5.29. The van der Waals surface area contributed by atoms with E-state index in [4.69, 9.17) is 0 Å². The monoisotopic (exact) mass is 347 g/mol. The molecule has 0 spiro atoms. The Kier molecular flexibility index (Phi) is 5.96. The number of aromatic nitrogens is 1. The first kappa shape index (κ1) is 16.9. The Morgan fingerprint density at radius 1 is 1.00 bits per heavy atom. The van der Waals surface area contributed by atoms with Crippen LogP contribution in [0.3, 0.4) is 0 Å². The molecule has 0 saturated carbocycles. The summed E-state index contributed by atoms with van der Waals surface area (Å²) in [6.07, 6.45) is 3.19. The second kappa shape index (κ2) is 8.80. The van der Waals surface area contributed by atoms with Crippen LogP contribution in [0.5, 0.6) is 0 Å². The number of nitrogens with one attached hydrogen (secondary N) is 1. The van der Waals surface area contributed by atoms with Crippen molar-refractivity contribution in [1.29, 1.82) is 0 Å². The van der Waals surface area contributed by atoms with E-state index < -0.39 is 0 Å². The van der Waals surface area contributed by atoms with Crippen molar-refractivity contribution in [2.24, 2.45) is 5.10 Å². The van der Waals surface area contributed by atoms with Gasteiger partial charge in [-0.25, -0.2) is 5.43 Å². The van der Waals surface area contributed by atoms with E-state index in [1.807, 2.05) is 60.7 Å². The lowest BCUT2D eigenvalue weighted by Gasteiger charge is -2.04. The van der Waals surface area contributed by atoms with Gasteiger partial charge in [0.25, 0.3) is 5.91 Å². The van der Waals surface area contributed by atoms with E-state index in [9.17, 15) is 4.79 Å². The topological polar surface area (TPSA) is 54.4 Å². The van der Waals surface area contributed by atoms with E-state index in [0.29, 0.717) is 11.3 Å². The Bertz CT molecular complexity index is 834. The molecule has 1 N–H and O–H groups in total. The van der Waals surface area contributed by atoms with Gasteiger partial charge in [-0.2, -0.15) is 5.10 Å². The third-order valence-corrected chi connectivity index (χ3v) is 4.50. The van der Waals surface area contributed by atoms with Crippen LogP contribution in [0.25, 0.3) is 0 Å². The highest BCUT2D eigenvalue weighted by Gasteiger charge is 2.04. The van der Waals surface area contributed by atoms with E-state index >= 15 is 0 Å². The number of benzene rings is 2. The minimum Gasteiger partial charge on any atom is -0.267 e. The molecule has 5 heteroatoms. The number of pyridine rings is 1. The molecule has 4 nitrogen and oxygen atoms in total. The smallest absolute Gasteiger partial charge is 0.267 e. The van der Waals surface area contributed by atoms with Gasteiger partial charge in [0.1, 0.15) is 0 Å². The van der Waals surface area contributed by atoms with Crippen molar-refractivity contribution in [3.63, 3.8) is 0 Å². The van der Waals surface area contributed by atoms with Crippen molar-refractivity contribution < 1.29 is 4.79 Å². The predicted octanol–water partition coefficient (Wildman–Crippen LogP) is 4.14. The lowest BCUT2D eigenvalue weighted by molar-refractivity contribution is 0.0955. The van der Waals surface area contributed by atoms with Crippen molar-refractivity contribution in [3.05, 3.63) is 95.8 Å². The standard InChI is InChI=1S/C20H17N3OS/c24-20(23-22-14-18-6-4-5-13-21-18)17-11-9-16(10-12-17)15-25-19-7-2-1-3-8-19/h1-14H,15H2,(H,23,24)/b22-14-. The average Bonchev–Trinajstić information content (AvgIpc) is 2.68. The third-order valence-electron chi connectivity index (χ3n) is 3.42. The molecule has 0 aliphatic rings. The quantitative estimate of drug-likeness (QED) is 0.414. The van der Waals surface area contributed by atoms with E-state index in [0.717, 1.165) is 5.75 Å². The van der Waals surface area contributed by atoms with Gasteiger partial charge in [0, 0.05) is 22.4 Å². The summed E-state index contributed by atoms with van der Waals surface area (Å²) in [6.45, 7) is 0. The molecule has 1 heterocycles. The van der Waals surface area contributed by atoms with Gasteiger partial charge in [-0.05, 0) is 42.0 Å². The van der Waals surface area contributed by atoms with E-state index in [2.05, 4.69) is 27.6 Å². The highest BCUT2D eigenvalue weighted by atomic mass is 32.2. The van der Waals surface area contributed by atoms with Gasteiger partial charge >= 0.3 is 0 Å². The Labute approximate surface area is 151 Å². The number of rotatable bonds is 6. The molecule has 25 heavy (non-hydrogen) atoms. The number of amides is 1. The molecule has 0 fully saturated rings. The van der Waals surface area contributed by atoms with E-state index in [1.54, 1.807) is 18.0 Å². The highest BCUT2D eigenvalue weighted by molar-refractivity contribution is 7.98. The van der Waals surface area contributed by atoms with Gasteiger partial charge in [0.05, 0.1) is 11.9 Å². The summed E-state index contributed by atoms with van der Waals surface area (Å²) in [5.74, 6) is 0.624. The van der Waals surface area contributed by atoms with Crippen molar-refractivity contribution in [3.8, 4) is 0 Å². The average molecular weight is 347 g/mol. The lowest BCUT2D eigenvalue weighted by atomic mass is 10.1. The summed E-state index contributed by atoms with van der Waals surface area (Å²) in [5.41, 5.74) is 4.95. The van der Waals surface area contributed by atoms with Gasteiger partial charge in [0.15, 0.2) is 0 Å². The molecule has 0 aliphatic carbocycles. The molecular weight excluding hydrogens is 330 g/mol. The molecule has 2 aromatic carbocycles. The van der Waals surface area contributed by atoms with Gasteiger partial charge in [-0.15, -0.1) is 11.8 Å². The fourth-order valence-electron chi connectivity index (χ4n) is 2.11. The van der Waals surface area contributed by atoms with Crippen LogP contribution in [0.2, 0.25) is 0 Å². The molecule has 3 aromatic rings. The minimum absolute atomic E-state index is 0.241. The van der Waals surface area contributed by atoms with Crippen LogP contribution >= 0.6 is 11.8 Å². The zero-order valence-electron chi connectivity index (χ0n) is 13.5. The largest absolute Gasteiger partial charge is 0.271 e. The molecule has 0 saturated heterocycles. The molecule has 0 bridgehead atoms. The summed E-state index contributed by atoms with van der Waals surface area (Å²) in [5, 5.41) is 3.93. The molecule has 0 atom stereocenters. The highest BCUT2D eigenvalue weighted by Crippen LogP contribution is 2.22. The van der Waals surface area contributed by atoms with Crippen LogP contribution in [0.4, 0.5) is 0 Å². The maximum absolute atomic E-state index is 12.1. The van der Waals surface area contributed by atoms with E-state index in [-0.39, 0.29) is 5.91 Å². The molecule has 3 rings (SSSR count). The number of nitrogens with zero attached hydrogens (tertiary/aromatic N) is 2. The molecule has 0 unspecified atom stereocenters. The molecule has 124 valence electrons. The maximum atomic E-state index is 12.1. The van der Waals surface area contributed by atoms with Crippen molar-refractivity contribution in [2.45, 2.75) is 10.6 Å². The predicted molar refractivity (Wildman–Crippen MR) is 102 cm³/mol. The van der Waals surface area contributed by atoms with Crippen molar-refractivity contribution in [1.82, 2.24) is 10.4 Å². The minimum atomic E-state index is -0.241. The first-order valence-electron chi connectivity index (χ1n) is 7.82. The van der Waals surface area contributed by atoms with Gasteiger partial charge in [-0.1, -0.05) is 36.4 Å². The second-order valence-electron chi connectivity index (χ2n) is 5.25. The van der Waals surface area contributed by atoms with Crippen molar-refractivity contribution >= 4 is 23.9 Å². The SMILES string of the molecule is O=C(N/N=C\c1ccccn1)c1ccc(CSc2ccccc2)cc1. The number of carbonyl (C=O) groups excluding carboxylic acids is 1. The Morgan fingerprint density at radius 2 is 1.76 bits per heavy atom. The van der Waals surface area contributed by atoms with Crippen LogP contribution in [0, 0.1) is 0 Å². The molecule has 0 aliphatic heterocycles. The Morgan fingerprint density at radius 3 is 2.48 bits per heavy atom. The zero-order valence-corrected chi connectivity index (χ0v) is 14.3. The number of hydrogen-bond acceptors (Lipinski definition) is 4. The first-order chi connectivity index (χ1) is 12.3. The zero-order chi connectivity index (χ0) is 17.3. The number of hydrazone groups is 1. The van der Waals surface area contributed by atoms with Crippen LogP contribution < -0.4 is 5.43 Å². The summed E-state index contributed by atoms with van der Waals surface area (Å²) < 4.78 is 0. The number of hydrogen-bond donors (Lipinski definition) is 1.